The molecule has 54 valence electrons. The van der Waals surface area contributed by atoms with Gasteiger partial charge in [0, 0.05) is 10.7 Å². The molecule has 1 aromatic carbocycles. The number of halogens is 1. The van der Waals surface area contributed by atoms with E-state index in [1.807, 2.05) is 28.7 Å². The van der Waals surface area contributed by atoms with Crippen molar-refractivity contribution in [3.63, 3.8) is 0 Å². The van der Waals surface area contributed by atoms with Crippen LogP contribution in [0.4, 0.5) is 5.69 Å². The third kappa shape index (κ3) is 2.09. The molecule has 0 aliphatic carbocycles. The van der Waals surface area contributed by atoms with Crippen LogP contribution < -0.4 is 4.44 Å². The SMILES string of the molecule is PN(P)c1ccc(Cl)cc1. The van der Waals surface area contributed by atoms with Crippen molar-refractivity contribution < 1.29 is 0 Å². The third-order valence-electron chi connectivity index (χ3n) is 1.12. The zero-order valence-electron chi connectivity index (χ0n) is 5.29. The van der Waals surface area contributed by atoms with Gasteiger partial charge in [-0.05, 0) is 43.0 Å². The summed E-state index contributed by atoms with van der Waals surface area (Å²) < 4.78 is 1.87. The molecule has 0 aliphatic rings. The number of hydrogen-bond acceptors (Lipinski definition) is 1. The second kappa shape index (κ2) is 3.53. The van der Waals surface area contributed by atoms with Gasteiger partial charge in [-0.15, -0.1) is 0 Å². The molecule has 1 rings (SSSR count). The second-order valence-electron chi connectivity index (χ2n) is 1.88. The van der Waals surface area contributed by atoms with E-state index in [1.165, 1.54) is 0 Å². The summed E-state index contributed by atoms with van der Waals surface area (Å²) in [5.74, 6) is 0. The largest absolute Gasteiger partial charge is 0.341 e. The quantitative estimate of drug-likeness (QED) is 0.617. The zero-order valence-corrected chi connectivity index (χ0v) is 8.35. The van der Waals surface area contributed by atoms with Crippen LogP contribution in [0.15, 0.2) is 24.3 Å². The Morgan fingerprint density at radius 1 is 1.10 bits per heavy atom. The first-order chi connectivity index (χ1) is 4.70. The molecule has 10 heavy (non-hydrogen) atoms. The highest BCUT2D eigenvalue weighted by Crippen LogP contribution is 2.23. The van der Waals surface area contributed by atoms with Gasteiger partial charge in [0.05, 0.1) is 0 Å². The van der Waals surface area contributed by atoms with Crippen LogP contribution in [0.2, 0.25) is 5.02 Å². The smallest absolute Gasteiger partial charge is 0.0424 e. The molecule has 0 bridgehead atoms. The molecule has 4 heteroatoms. The lowest BCUT2D eigenvalue weighted by atomic mass is 10.3. The van der Waals surface area contributed by atoms with Crippen molar-refractivity contribution in [2.75, 3.05) is 4.44 Å². The number of hydrogen-bond donors (Lipinski definition) is 0. The fourth-order valence-corrected chi connectivity index (χ4v) is 1.08. The van der Waals surface area contributed by atoms with Crippen molar-refractivity contribution in [1.82, 2.24) is 0 Å². The summed E-state index contributed by atoms with van der Waals surface area (Å²) in [6.45, 7) is 0. The van der Waals surface area contributed by atoms with Crippen molar-refractivity contribution in [3.8, 4) is 0 Å². The predicted molar refractivity (Wildman–Crippen MR) is 53.4 cm³/mol. The number of rotatable bonds is 1. The second-order valence-corrected chi connectivity index (χ2v) is 4.03. The van der Waals surface area contributed by atoms with Gasteiger partial charge in [-0.3, -0.25) is 0 Å². The summed E-state index contributed by atoms with van der Waals surface area (Å²) in [6, 6.07) is 7.61. The minimum absolute atomic E-state index is 0.764. The molecule has 0 saturated carbocycles. The van der Waals surface area contributed by atoms with E-state index < -0.39 is 0 Å². The van der Waals surface area contributed by atoms with Gasteiger partial charge in [0.1, 0.15) is 0 Å². The van der Waals surface area contributed by atoms with Crippen molar-refractivity contribution in [2.45, 2.75) is 0 Å². The van der Waals surface area contributed by atoms with Crippen molar-refractivity contribution >= 4 is 36.1 Å². The molecular formula is C6H8ClNP2. The molecule has 0 N–H and O–H groups in total. The van der Waals surface area contributed by atoms with E-state index in [0.29, 0.717) is 0 Å². The molecule has 0 heterocycles. The monoisotopic (exact) mass is 191 g/mol. The fraction of sp³-hybridized carbons (Fsp3) is 0. The van der Waals surface area contributed by atoms with Crippen LogP contribution in [0, 0.1) is 0 Å². The fourth-order valence-electron chi connectivity index (χ4n) is 0.613. The molecule has 0 radical (unpaired) electrons. The predicted octanol–water partition coefficient (Wildman–Crippen LogP) is 2.73. The van der Waals surface area contributed by atoms with Crippen LogP contribution in [0.25, 0.3) is 0 Å². The van der Waals surface area contributed by atoms with Gasteiger partial charge < -0.3 is 4.44 Å². The first kappa shape index (κ1) is 8.27. The van der Waals surface area contributed by atoms with Crippen LogP contribution in [0.5, 0.6) is 0 Å². The van der Waals surface area contributed by atoms with Gasteiger partial charge >= 0.3 is 0 Å². The average molecular weight is 192 g/mol. The highest BCUT2D eigenvalue weighted by Gasteiger charge is 1.92. The van der Waals surface area contributed by atoms with Crippen LogP contribution in [-0.4, -0.2) is 0 Å². The van der Waals surface area contributed by atoms with E-state index in [1.54, 1.807) is 0 Å². The summed E-state index contributed by atoms with van der Waals surface area (Å²) in [5.41, 5.74) is 1.10. The first-order valence-electron chi connectivity index (χ1n) is 2.75. The van der Waals surface area contributed by atoms with Crippen LogP contribution >= 0.6 is 30.4 Å². The first-order valence-corrected chi connectivity index (χ1v) is 4.16. The highest BCUT2D eigenvalue weighted by molar-refractivity contribution is 7.39. The number of nitrogens with zero attached hydrogens (tertiary/aromatic N) is 1. The number of benzene rings is 1. The van der Waals surface area contributed by atoms with Crippen LogP contribution in [0.1, 0.15) is 0 Å². The van der Waals surface area contributed by atoms with Gasteiger partial charge in [-0.2, -0.15) is 0 Å². The molecule has 0 aliphatic heterocycles. The topological polar surface area (TPSA) is 3.24 Å². The lowest BCUT2D eigenvalue weighted by Gasteiger charge is -2.10. The van der Waals surface area contributed by atoms with E-state index in [4.69, 9.17) is 11.6 Å². The molecule has 2 unspecified atom stereocenters. The molecule has 0 saturated heterocycles. The zero-order chi connectivity index (χ0) is 7.56. The molecule has 0 spiro atoms. The van der Waals surface area contributed by atoms with Gasteiger partial charge in [0.25, 0.3) is 0 Å². The van der Waals surface area contributed by atoms with Crippen LogP contribution in [0.3, 0.4) is 0 Å². The normalized spacial score (nSPS) is 9.50. The highest BCUT2D eigenvalue weighted by atomic mass is 35.5. The van der Waals surface area contributed by atoms with Gasteiger partial charge in [0.2, 0.25) is 0 Å². The van der Waals surface area contributed by atoms with E-state index in [9.17, 15) is 0 Å². The van der Waals surface area contributed by atoms with Gasteiger partial charge in [-0.1, -0.05) is 11.6 Å². The van der Waals surface area contributed by atoms with Crippen molar-refractivity contribution in [2.24, 2.45) is 0 Å². The summed E-state index contributed by atoms with van der Waals surface area (Å²) in [7, 11) is 5.08. The molecule has 0 amide bonds. The lowest BCUT2D eigenvalue weighted by Crippen LogP contribution is -1.87. The third-order valence-corrected chi connectivity index (χ3v) is 1.97. The maximum atomic E-state index is 5.68. The maximum Gasteiger partial charge on any atom is 0.0424 e. The van der Waals surface area contributed by atoms with Gasteiger partial charge in [0.15, 0.2) is 0 Å². The van der Waals surface area contributed by atoms with E-state index >= 15 is 0 Å². The van der Waals surface area contributed by atoms with Crippen molar-refractivity contribution in [1.29, 1.82) is 0 Å². The Morgan fingerprint density at radius 2 is 1.60 bits per heavy atom. The summed E-state index contributed by atoms with van der Waals surface area (Å²) >= 11 is 5.68. The van der Waals surface area contributed by atoms with Gasteiger partial charge in [-0.25, -0.2) is 0 Å². The van der Waals surface area contributed by atoms with E-state index in [0.717, 1.165) is 10.7 Å². The Morgan fingerprint density at radius 3 is 2.00 bits per heavy atom. The molecule has 0 fully saturated rings. The van der Waals surface area contributed by atoms with E-state index in [2.05, 4.69) is 18.8 Å². The molecular weight excluding hydrogens is 183 g/mol. The minimum Gasteiger partial charge on any atom is -0.341 e. The van der Waals surface area contributed by atoms with Crippen molar-refractivity contribution in [3.05, 3.63) is 29.3 Å². The Kier molecular flexibility index (Phi) is 2.92. The van der Waals surface area contributed by atoms with E-state index in [-0.39, 0.29) is 0 Å². The Labute approximate surface area is 70.3 Å². The summed E-state index contributed by atoms with van der Waals surface area (Å²) in [6.07, 6.45) is 0. The standard InChI is InChI=1S/C6H8ClNP2/c7-5-1-3-6(4-2-5)8(9)10/h1-4H,9-10H2. The van der Waals surface area contributed by atoms with Crippen LogP contribution in [-0.2, 0) is 0 Å². The summed E-state index contributed by atoms with van der Waals surface area (Å²) in [4.78, 5) is 0. The Bertz CT molecular complexity index is 209. The molecule has 1 nitrogen and oxygen atoms in total. The Hall–Kier alpha value is 0.170. The molecule has 1 aromatic rings. The summed E-state index contributed by atoms with van der Waals surface area (Å²) in [5, 5.41) is 0.764. The maximum absolute atomic E-state index is 5.68. The Balaban J connectivity index is 2.89. The molecule has 2 atom stereocenters. The number of anilines is 1. The minimum atomic E-state index is 0.764. The molecule has 0 aromatic heterocycles. The average Bonchev–Trinajstić information content (AvgIpc) is 1.88. The lowest BCUT2D eigenvalue weighted by molar-refractivity contribution is 1.61.